The number of halogens is 1. The van der Waals surface area contributed by atoms with Gasteiger partial charge in [-0.15, -0.1) is 0 Å². The number of rotatable bonds is 2. The molecule has 2 rings (SSSR count). The number of amides is 1. The monoisotopic (exact) mass is 236 g/mol. The van der Waals surface area contributed by atoms with Gasteiger partial charge in [0.15, 0.2) is 0 Å². The SMILES string of the molecule is CON(C)C(=O)c1cc2cc(F)ccc2n1C. The fraction of sp³-hybridized carbons (Fsp3) is 0.250. The number of aromatic nitrogens is 1. The summed E-state index contributed by atoms with van der Waals surface area (Å²) in [6.45, 7) is 0. The van der Waals surface area contributed by atoms with Crippen molar-refractivity contribution in [3.05, 3.63) is 35.8 Å². The molecule has 0 bridgehead atoms. The number of benzene rings is 1. The van der Waals surface area contributed by atoms with Gasteiger partial charge in [-0.05, 0) is 24.3 Å². The normalized spacial score (nSPS) is 10.8. The minimum atomic E-state index is -0.317. The molecule has 0 atom stereocenters. The molecule has 0 unspecified atom stereocenters. The summed E-state index contributed by atoms with van der Waals surface area (Å²) in [5, 5.41) is 1.82. The van der Waals surface area contributed by atoms with Crippen molar-refractivity contribution in [1.82, 2.24) is 9.63 Å². The Kier molecular flexibility index (Phi) is 2.85. The van der Waals surface area contributed by atoms with Crippen molar-refractivity contribution in [3.8, 4) is 0 Å². The van der Waals surface area contributed by atoms with Crippen LogP contribution in [0.3, 0.4) is 0 Å². The lowest BCUT2D eigenvalue weighted by molar-refractivity contribution is -0.0762. The molecule has 0 fully saturated rings. The van der Waals surface area contributed by atoms with E-state index in [1.165, 1.54) is 26.3 Å². The first kappa shape index (κ1) is 11.6. The second kappa shape index (κ2) is 4.18. The molecule has 1 heterocycles. The minimum absolute atomic E-state index is 0.272. The van der Waals surface area contributed by atoms with E-state index in [0.29, 0.717) is 11.1 Å². The molecule has 1 amide bonds. The zero-order valence-electron chi connectivity index (χ0n) is 9.90. The maximum atomic E-state index is 13.1. The van der Waals surface area contributed by atoms with Crippen LogP contribution in [0.4, 0.5) is 4.39 Å². The van der Waals surface area contributed by atoms with Crippen molar-refractivity contribution in [1.29, 1.82) is 0 Å². The van der Waals surface area contributed by atoms with Crippen molar-refractivity contribution in [2.24, 2.45) is 7.05 Å². The highest BCUT2D eigenvalue weighted by Crippen LogP contribution is 2.20. The van der Waals surface area contributed by atoms with E-state index in [4.69, 9.17) is 4.84 Å². The summed E-state index contributed by atoms with van der Waals surface area (Å²) in [4.78, 5) is 16.8. The number of hydrogen-bond acceptors (Lipinski definition) is 2. The van der Waals surface area contributed by atoms with Gasteiger partial charge in [0.1, 0.15) is 11.5 Å². The lowest BCUT2D eigenvalue weighted by atomic mass is 10.2. The highest BCUT2D eigenvalue weighted by Gasteiger charge is 2.17. The lowest BCUT2D eigenvalue weighted by Gasteiger charge is -2.13. The van der Waals surface area contributed by atoms with E-state index >= 15 is 0 Å². The van der Waals surface area contributed by atoms with Gasteiger partial charge in [0.25, 0.3) is 5.91 Å². The van der Waals surface area contributed by atoms with Gasteiger partial charge in [-0.3, -0.25) is 9.63 Å². The van der Waals surface area contributed by atoms with E-state index in [9.17, 15) is 9.18 Å². The number of hydrogen-bond donors (Lipinski definition) is 0. The summed E-state index contributed by atoms with van der Waals surface area (Å²) in [5.74, 6) is -0.589. The van der Waals surface area contributed by atoms with Crippen LogP contribution in [0.25, 0.3) is 10.9 Å². The van der Waals surface area contributed by atoms with Gasteiger partial charge in [0.05, 0.1) is 7.11 Å². The molecule has 0 spiro atoms. The Morgan fingerprint density at radius 2 is 2.12 bits per heavy atom. The Balaban J connectivity index is 2.56. The quantitative estimate of drug-likeness (QED) is 0.747. The molecule has 0 N–H and O–H groups in total. The summed E-state index contributed by atoms with van der Waals surface area (Å²) in [5.41, 5.74) is 1.26. The minimum Gasteiger partial charge on any atom is -0.340 e. The van der Waals surface area contributed by atoms with Gasteiger partial charge in [0, 0.05) is 25.0 Å². The average Bonchev–Trinajstić information content (AvgIpc) is 2.64. The van der Waals surface area contributed by atoms with Crippen LogP contribution in [-0.4, -0.2) is 29.7 Å². The molecule has 0 aliphatic rings. The molecule has 0 saturated carbocycles. The van der Waals surface area contributed by atoms with Crippen LogP contribution in [0.1, 0.15) is 10.5 Å². The molecule has 0 saturated heterocycles. The molecular formula is C12H13FN2O2. The Morgan fingerprint density at radius 1 is 1.41 bits per heavy atom. The molecule has 2 aromatic rings. The van der Waals surface area contributed by atoms with Gasteiger partial charge in [-0.2, -0.15) is 0 Å². The predicted molar refractivity (Wildman–Crippen MR) is 62.0 cm³/mol. The van der Waals surface area contributed by atoms with Crippen molar-refractivity contribution >= 4 is 16.8 Å². The third-order valence-corrected chi connectivity index (χ3v) is 2.78. The Morgan fingerprint density at radius 3 is 2.76 bits per heavy atom. The van der Waals surface area contributed by atoms with E-state index in [-0.39, 0.29) is 11.7 Å². The average molecular weight is 236 g/mol. The second-order valence-corrected chi connectivity index (χ2v) is 3.78. The van der Waals surface area contributed by atoms with Crippen molar-refractivity contribution in [3.63, 3.8) is 0 Å². The van der Waals surface area contributed by atoms with Crippen molar-refractivity contribution < 1.29 is 14.0 Å². The zero-order chi connectivity index (χ0) is 12.6. The number of aryl methyl sites for hydroxylation is 1. The van der Waals surface area contributed by atoms with E-state index in [1.807, 2.05) is 0 Å². The maximum absolute atomic E-state index is 13.1. The van der Waals surface area contributed by atoms with Crippen LogP contribution in [0.5, 0.6) is 0 Å². The Bertz CT molecular complexity index is 577. The van der Waals surface area contributed by atoms with E-state index in [0.717, 1.165) is 10.6 Å². The molecule has 0 aliphatic heterocycles. The summed E-state index contributed by atoms with van der Waals surface area (Å²) < 4.78 is 14.8. The molecule has 17 heavy (non-hydrogen) atoms. The van der Waals surface area contributed by atoms with E-state index in [2.05, 4.69) is 0 Å². The van der Waals surface area contributed by atoms with Gasteiger partial charge in [-0.1, -0.05) is 0 Å². The molecule has 1 aromatic heterocycles. The number of carbonyl (C=O) groups is 1. The topological polar surface area (TPSA) is 34.5 Å². The van der Waals surface area contributed by atoms with Crippen LogP contribution in [0.15, 0.2) is 24.3 Å². The van der Waals surface area contributed by atoms with Crippen LogP contribution in [-0.2, 0) is 11.9 Å². The van der Waals surface area contributed by atoms with Crippen LogP contribution < -0.4 is 0 Å². The Labute approximate surface area is 98.1 Å². The number of fused-ring (bicyclic) bond motifs is 1. The highest BCUT2D eigenvalue weighted by atomic mass is 19.1. The first-order chi connectivity index (χ1) is 8.04. The summed E-state index contributed by atoms with van der Waals surface area (Å²) in [7, 11) is 4.71. The smallest absolute Gasteiger partial charge is 0.293 e. The molecule has 90 valence electrons. The van der Waals surface area contributed by atoms with Crippen LogP contribution in [0, 0.1) is 5.82 Å². The van der Waals surface area contributed by atoms with Gasteiger partial charge < -0.3 is 4.57 Å². The van der Waals surface area contributed by atoms with Crippen molar-refractivity contribution in [2.45, 2.75) is 0 Å². The van der Waals surface area contributed by atoms with Crippen LogP contribution in [0.2, 0.25) is 0 Å². The van der Waals surface area contributed by atoms with E-state index in [1.54, 1.807) is 23.7 Å². The van der Waals surface area contributed by atoms with Gasteiger partial charge in [-0.25, -0.2) is 9.45 Å². The molecule has 1 aromatic carbocycles. The Hall–Kier alpha value is -1.88. The number of hydroxylamine groups is 2. The molecule has 5 heteroatoms. The molecular weight excluding hydrogens is 223 g/mol. The standard InChI is InChI=1S/C12H13FN2O2/c1-14-10-5-4-9(13)6-8(10)7-11(14)12(16)15(2)17-3/h4-7H,1-3H3. The highest BCUT2D eigenvalue weighted by molar-refractivity contribution is 5.98. The molecule has 4 nitrogen and oxygen atoms in total. The zero-order valence-corrected chi connectivity index (χ0v) is 9.90. The number of nitrogens with zero attached hydrogens (tertiary/aromatic N) is 2. The first-order valence-electron chi connectivity index (χ1n) is 5.11. The van der Waals surface area contributed by atoms with Gasteiger partial charge in [0.2, 0.25) is 0 Å². The van der Waals surface area contributed by atoms with Crippen molar-refractivity contribution in [2.75, 3.05) is 14.2 Å². The third-order valence-electron chi connectivity index (χ3n) is 2.78. The predicted octanol–water partition coefficient (Wildman–Crippen LogP) is 1.95. The fourth-order valence-electron chi connectivity index (χ4n) is 1.77. The molecule has 0 aliphatic carbocycles. The summed E-state index contributed by atoms with van der Waals surface area (Å²) in [6.07, 6.45) is 0. The largest absolute Gasteiger partial charge is 0.340 e. The summed E-state index contributed by atoms with van der Waals surface area (Å²) in [6, 6.07) is 6.07. The van der Waals surface area contributed by atoms with Gasteiger partial charge >= 0.3 is 0 Å². The summed E-state index contributed by atoms with van der Waals surface area (Å²) >= 11 is 0. The fourth-order valence-corrected chi connectivity index (χ4v) is 1.77. The second-order valence-electron chi connectivity index (χ2n) is 3.78. The van der Waals surface area contributed by atoms with E-state index < -0.39 is 0 Å². The first-order valence-corrected chi connectivity index (χ1v) is 5.11. The maximum Gasteiger partial charge on any atom is 0.293 e. The number of carbonyl (C=O) groups excluding carboxylic acids is 1. The van der Waals surface area contributed by atoms with Crippen LogP contribution >= 0.6 is 0 Å². The third kappa shape index (κ3) is 1.89. The lowest BCUT2D eigenvalue weighted by Crippen LogP contribution is -2.27. The molecule has 0 radical (unpaired) electrons.